The second-order valence-electron chi connectivity index (χ2n) is 5.92. The lowest BCUT2D eigenvalue weighted by Gasteiger charge is -2.22. The fraction of sp³-hybridized carbons (Fsp3) is 0.263. The summed E-state index contributed by atoms with van der Waals surface area (Å²) in [6.07, 6.45) is 1.96. The number of anilines is 1. The molecule has 0 aromatic heterocycles. The molecule has 25 heavy (non-hydrogen) atoms. The normalized spacial score (nSPS) is 11.9. The lowest BCUT2D eigenvalue weighted by Crippen LogP contribution is -2.47. The van der Waals surface area contributed by atoms with Crippen molar-refractivity contribution in [3.8, 4) is 0 Å². The lowest BCUT2D eigenvalue weighted by molar-refractivity contribution is -0.118. The van der Waals surface area contributed by atoms with Gasteiger partial charge in [0.05, 0.1) is 0 Å². The van der Waals surface area contributed by atoms with Crippen molar-refractivity contribution in [2.45, 2.75) is 24.8 Å². The number of halogens is 1. The van der Waals surface area contributed by atoms with Crippen LogP contribution in [0.25, 0.3) is 0 Å². The van der Waals surface area contributed by atoms with Crippen LogP contribution in [0, 0.1) is 11.7 Å². The standard InChI is InChI=1S/C19H21FN2O2S/c1-12(2)17(22-18(23)13-7-9-14(20)10-8-13)19(24)21-15-5-4-6-16(11-15)25-3/h4-12,17H,1-3H3,(H,21,24)(H,22,23)/t17-/m0/s1. The molecule has 0 bridgehead atoms. The molecule has 0 saturated carbocycles. The molecule has 4 nitrogen and oxygen atoms in total. The molecule has 2 N–H and O–H groups in total. The van der Waals surface area contributed by atoms with Crippen LogP contribution in [0.3, 0.4) is 0 Å². The van der Waals surface area contributed by atoms with Gasteiger partial charge in [-0.05, 0) is 54.6 Å². The summed E-state index contributed by atoms with van der Waals surface area (Å²) >= 11 is 1.58. The number of carbonyl (C=O) groups is 2. The fourth-order valence-corrected chi connectivity index (χ4v) is 2.74. The van der Waals surface area contributed by atoms with Gasteiger partial charge in [0.25, 0.3) is 5.91 Å². The Bertz CT molecular complexity index is 747. The number of rotatable bonds is 6. The first-order valence-corrected chi connectivity index (χ1v) is 9.14. The molecule has 2 amide bonds. The average Bonchev–Trinajstić information content (AvgIpc) is 2.59. The van der Waals surface area contributed by atoms with Crippen molar-refractivity contribution < 1.29 is 14.0 Å². The van der Waals surface area contributed by atoms with Crippen molar-refractivity contribution in [2.24, 2.45) is 5.92 Å². The van der Waals surface area contributed by atoms with E-state index in [1.165, 1.54) is 24.3 Å². The number of hydrogen-bond donors (Lipinski definition) is 2. The Morgan fingerprint density at radius 1 is 1.08 bits per heavy atom. The van der Waals surface area contributed by atoms with Crippen LogP contribution in [0.5, 0.6) is 0 Å². The maximum Gasteiger partial charge on any atom is 0.251 e. The molecule has 6 heteroatoms. The predicted molar refractivity (Wildman–Crippen MR) is 99.3 cm³/mol. The lowest BCUT2D eigenvalue weighted by atomic mass is 10.0. The van der Waals surface area contributed by atoms with Crippen molar-refractivity contribution in [3.05, 3.63) is 59.9 Å². The molecule has 0 aliphatic carbocycles. The number of amides is 2. The van der Waals surface area contributed by atoms with Gasteiger partial charge < -0.3 is 10.6 Å². The zero-order chi connectivity index (χ0) is 18.4. The summed E-state index contributed by atoms with van der Waals surface area (Å²) in [6.45, 7) is 3.71. The molecular formula is C19H21FN2O2S. The molecule has 0 spiro atoms. The largest absolute Gasteiger partial charge is 0.340 e. The van der Waals surface area contributed by atoms with E-state index in [1.807, 2.05) is 38.3 Å². The number of hydrogen-bond acceptors (Lipinski definition) is 3. The zero-order valence-electron chi connectivity index (χ0n) is 14.4. The second-order valence-corrected chi connectivity index (χ2v) is 6.80. The molecule has 132 valence electrons. The van der Waals surface area contributed by atoms with Gasteiger partial charge in [-0.25, -0.2) is 4.39 Å². The van der Waals surface area contributed by atoms with E-state index in [-0.39, 0.29) is 11.8 Å². The van der Waals surface area contributed by atoms with Crippen LogP contribution in [-0.4, -0.2) is 24.1 Å². The molecule has 1 atom stereocenters. The molecule has 0 aliphatic rings. The van der Waals surface area contributed by atoms with Gasteiger partial charge in [0.15, 0.2) is 0 Å². The summed E-state index contributed by atoms with van der Waals surface area (Å²) < 4.78 is 13.0. The van der Waals surface area contributed by atoms with Crippen LogP contribution in [-0.2, 0) is 4.79 Å². The van der Waals surface area contributed by atoms with Crippen molar-refractivity contribution in [2.75, 3.05) is 11.6 Å². The number of carbonyl (C=O) groups excluding carboxylic acids is 2. The van der Waals surface area contributed by atoms with Crippen LogP contribution in [0.15, 0.2) is 53.4 Å². The summed E-state index contributed by atoms with van der Waals surface area (Å²) in [5.74, 6) is -1.22. The average molecular weight is 360 g/mol. The van der Waals surface area contributed by atoms with Crippen molar-refractivity contribution in [1.29, 1.82) is 0 Å². The van der Waals surface area contributed by atoms with Gasteiger partial charge in [-0.2, -0.15) is 0 Å². The third-order valence-electron chi connectivity index (χ3n) is 3.68. The molecule has 0 radical (unpaired) electrons. The fourth-order valence-electron chi connectivity index (χ4n) is 2.28. The van der Waals surface area contributed by atoms with Gasteiger partial charge in [-0.3, -0.25) is 9.59 Å². The highest BCUT2D eigenvalue weighted by Gasteiger charge is 2.24. The summed E-state index contributed by atoms with van der Waals surface area (Å²) in [7, 11) is 0. The molecule has 2 aromatic rings. The van der Waals surface area contributed by atoms with Crippen LogP contribution in [0.4, 0.5) is 10.1 Å². The highest BCUT2D eigenvalue weighted by atomic mass is 32.2. The summed E-state index contributed by atoms with van der Waals surface area (Å²) in [5, 5.41) is 5.56. The topological polar surface area (TPSA) is 58.2 Å². The summed E-state index contributed by atoms with van der Waals surface area (Å²) in [5.41, 5.74) is 0.989. The molecule has 0 fully saturated rings. The Kier molecular flexibility index (Phi) is 6.58. The maximum atomic E-state index is 13.0. The Labute approximate surface area is 151 Å². The maximum absolute atomic E-state index is 13.0. The van der Waals surface area contributed by atoms with E-state index in [0.717, 1.165) is 4.90 Å². The van der Waals surface area contributed by atoms with Crippen LogP contribution < -0.4 is 10.6 Å². The van der Waals surface area contributed by atoms with E-state index in [9.17, 15) is 14.0 Å². The van der Waals surface area contributed by atoms with E-state index in [0.29, 0.717) is 11.3 Å². The first-order chi connectivity index (χ1) is 11.9. The highest BCUT2D eigenvalue weighted by molar-refractivity contribution is 7.98. The van der Waals surface area contributed by atoms with Crippen LogP contribution in [0.2, 0.25) is 0 Å². The SMILES string of the molecule is CSc1cccc(NC(=O)[C@@H](NC(=O)c2ccc(F)cc2)C(C)C)c1. The van der Waals surface area contributed by atoms with Gasteiger partial charge in [-0.15, -0.1) is 11.8 Å². The van der Waals surface area contributed by atoms with E-state index < -0.39 is 17.8 Å². The van der Waals surface area contributed by atoms with Gasteiger partial charge in [0.2, 0.25) is 5.91 Å². The highest BCUT2D eigenvalue weighted by Crippen LogP contribution is 2.19. The quantitative estimate of drug-likeness (QED) is 0.767. The molecule has 0 heterocycles. The number of benzene rings is 2. The van der Waals surface area contributed by atoms with E-state index in [1.54, 1.807) is 17.8 Å². The van der Waals surface area contributed by atoms with Crippen molar-refractivity contribution in [3.63, 3.8) is 0 Å². The molecule has 0 saturated heterocycles. The Hall–Kier alpha value is -2.34. The van der Waals surface area contributed by atoms with Crippen molar-refractivity contribution >= 4 is 29.3 Å². The molecule has 0 aliphatic heterocycles. The first kappa shape index (κ1) is 19.0. The summed E-state index contributed by atoms with van der Waals surface area (Å²) in [4.78, 5) is 25.9. The molecule has 2 rings (SSSR count). The molecule has 2 aromatic carbocycles. The minimum absolute atomic E-state index is 0.104. The summed E-state index contributed by atoms with van der Waals surface area (Å²) in [6, 6.07) is 12.0. The monoisotopic (exact) mass is 360 g/mol. The second kappa shape index (κ2) is 8.67. The van der Waals surface area contributed by atoms with Gasteiger partial charge in [0, 0.05) is 16.1 Å². The van der Waals surface area contributed by atoms with Crippen LogP contribution >= 0.6 is 11.8 Å². The molecule has 0 unspecified atom stereocenters. The van der Waals surface area contributed by atoms with Gasteiger partial charge in [0.1, 0.15) is 11.9 Å². The third kappa shape index (κ3) is 5.32. The number of thioether (sulfide) groups is 1. The Morgan fingerprint density at radius 3 is 2.36 bits per heavy atom. The van der Waals surface area contributed by atoms with Gasteiger partial charge in [-0.1, -0.05) is 19.9 Å². The minimum atomic E-state index is -0.699. The smallest absolute Gasteiger partial charge is 0.251 e. The number of nitrogens with one attached hydrogen (secondary N) is 2. The van der Waals surface area contributed by atoms with Crippen LogP contribution in [0.1, 0.15) is 24.2 Å². The van der Waals surface area contributed by atoms with Gasteiger partial charge >= 0.3 is 0 Å². The molecular weight excluding hydrogens is 339 g/mol. The van der Waals surface area contributed by atoms with E-state index in [4.69, 9.17) is 0 Å². The Balaban J connectivity index is 2.09. The van der Waals surface area contributed by atoms with E-state index >= 15 is 0 Å². The Morgan fingerprint density at radius 2 is 1.76 bits per heavy atom. The zero-order valence-corrected chi connectivity index (χ0v) is 15.2. The predicted octanol–water partition coefficient (Wildman–Crippen LogP) is 3.94. The minimum Gasteiger partial charge on any atom is -0.340 e. The van der Waals surface area contributed by atoms with Crippen molar-refractivity contribution in [1.82, 2.24) is 5.32 Å². The van der Waals surface area contributed by atoms with E-state index in [2.05, 4.69) is 10.6 Å². The first-order valence-electron chi connectivity index (χ1n) is 7.92. The third-order valence-corrected chi connectivity index (χ3v) is 4.40.